The summed E-state index contributed by atoms with van der Waals surface area (Å²) in [4.78, 5) is 12.3. The van der Waals surface area contributed by atoms with Gasteiger partial charge in [-0.3, -0.25) is 4.79 Å². The van der Waals surface area contributed by atoms with Crippen LogP contribution in [0.1, 0.15) is 23.2 Å². The van der Waals surface area contributed by atoms with Gasteiger partial charge in [-0.2, -0.15) is 5.10 Å². The van der Waals surface area contributed by atoms with Crippen LogP contribution in [-0.4, -0.2) is 18.7 Å². The summed E-state index contributed by atoms with van der Waals surface area (Å²) in [6.07, 6.45) is 1.38. The molecule has 1 amide bonds. The Kier molecular flexibility index (Phi) is 5.11. The van der Waals surface area contributed by atoms with Crippen molar-refractivity contribution in [3.63, 3.8) is 0 Å². The number of amides is 1. The van der Waals surface area contributed by atoms with Gasteiger partial charge < -0.3 is 13.6 Å². The first-order chi connectivity index (χ1) is 14.1. The molecule has 2 aromatic heterocycles. The molecule has 6 nitrogen and oxygen atoms in total. The average Bonchev–Trinajstić information content (AvgIpc) is 3.35. The first kappa shape index (κ1) is 18.5. The summed E-state index contributed by atoms with van der Waals surface area (Å²) in [6, 6.07) is 16.4. The van der Waals surface area contributed by atoms with E-state index >= 15 is 0 Å². The van der Waals surface area contributed by atoms with E-state index in [-0.39, 0.29) is 11.6 Å². The highest BCUT2D eigenvalue weighted by Crippen LogP contribution is 2.24. The molecule has 0 fully saturated rings. The summed E-state index contributed by atoms with van der Waals surface area (Å²) in [5.41, 5.74) is 3.72. The minimum Gasteiger partial charge on any atom is -0.494 e. The Labute approximate surface area is 165 Å². The first-order valence-electron chi connectivity index (χ1n) is 8.98. The molecule has 0 aliphatic rings. The van der Waals surface area contributed by atoms with Crippen LogP contribution in [-0.2, 0) is 0 Å². The quantitative estimate of drug-likeness (QED) is 0.370. The Morgan fingerprint density at radius 3 is 2.72 bits per heavy atom. The molecule has 0 spiro atoms. The second-order valence-electron chi connectivity index (χ2n) is 6.15. The Bertz CT molecular complexity index is 1180. The van der Waals surface area contributed by atoms with Crippen molar-refractivity contribution in [1.29, 1.82) is 0 Å². The summed E-state index contributed by atoms with van der Waals surface area (Å²) in [5.74, 6) is 1.05. The highest BCUT2D eigenvalue weighted by molar-refractivity contribution is 5.96. The van der Waals surface area contributed by atoms with Crippen molar-refractivity contribution >= 4 is 23.1 Å². The van der Waals surface area contributed by atoms with Gasteiger partial charge in [-0.1, -0.05) is 0 Å². The number of nitrogens with one attached hydrogen (secondary N) is 1. The maximum atomic E-state index is 13.0. The van der Waals surface area contributed by atoms with Gasteiger partial charge in [-0.15, -0.1) is 0 Å². The molecule has 7 heteroatoms. The second kappa shape index (κ2) is 8.02. The molecule has 0 aliphatic heterocycles. The van der Waals surface area contributed by atoms with Crippen molar-refractivity contribution in [2.45, 2.75) is 6.92 Å². The topological polar surface area (TPSA) is 77.0 Å². The molecule has 0 radical (unpaired) electrons. The molecule has 4 rings (SSSR count). The van der Waals surface area contributed by atoms with Gasteiger partial charge in [0.1, 0.15) is 28.7 Å². The molecule has 0 aliphatic carbocycles. The van der Waals surface area contributed by atoms with Crippen LogP contribution in [0.25, 0.3) is 22.3 Å². The zero-order valence-electron chi connectivity index (χ0n) is 15.5. The fourth-order valence-electron chi connectivity index (χ4n) is 2.79. The van der Waals surface area contributed by atoms with Crippen LogP contribution < -0.4 is 10.2 Å². The number of furan rings is 2. The lowest BCUT2D eigenvalue weighted by Gasteiger charge is -2.00. The van der Waals surface area contributed by atoms with E-state index in [4.69, 9.17) is 13.6 Å². The number of fused-ring (bicyclic) bond motifs is 1. The smallest absolute Gasteiger partial charge is 0.307 e. The summed E-state index contributed by atoms with van der Waals surface area (Å²) >= 11 is 0. The van der Waals surface area contributed by atoms with Gasteiger partial charge in [0.25, 0.3) is 0 Å². The number of nitrogens with zero attached hydrogens (tertiary/aromatic N) is 1. The Hall–Kier alpha value is -3.87. The predicted octanol–water partition coefficient (Wildman–Crippen LogP) is 4.99. The number of hydrogen-bond acceptors (Lipinski definition) is 5. The van der Waals surface area contributed by atoms with Crippen LogP contribution in [0.15, 0.2) is 74.6 Å². The molecule has 1 N–H and O–H groups in total. The molecule has 4 aromatic rings. The number of rotatable bonds is 6. The van der Waals surface area contributed by atoms with Gasteiger partial charge in [0.2, 0.25) is 0 Å². The first-order valence-corrected chi connectivity index (χ1v) is 8.98. The van der Waals surface area contributed by atoms with Gasteiger partial charge in [-0.25, -0.2) is 9.82 Å². The zero-order valence-corrected chi connectivity index (χ0v) is 15.5. The summed E-state index contributed by atoms with van der Waals surface area (Å²) in [6.45, 7) is 2.46. The summed E-state index contributed by atoms with van der Waals surface area (Å²) in [7, 11) is 0. The van der Waals surface area contributed by atoms with E-state index in [1.54, 1.807) is 42.5 Å². The van der Waals surface area contributed by atoms with E-state index in [1.807, 2.05) is 13.0 Å². The Morgan fingerprint density at radius 1 is 1.10 bits per heavy atom. The van der Waals surface area contributed by atoms with E-state index in [0.29, 0.717) is 29.5 Å². The molecular weight excluding hydrogens is 375 g/mol. The SMILES string of the molecule is CCOc1ccc2oc(C(=O)N/N=C/c3ccc(-c4ccc(F)cc4)o3)cc2c1. The Balaban J connectivity index is 1.42. The van der Waals surface area contributed by atoms with E-state index in [1.165, 1.54) is 18.3 Å². The maximum Gasteiger partial charge on any atom is 0.307 e. The van der Waals surface area contributed by atoms with E-state index in [0.717, 1.165) is 10.9 Å². The predicted molar refractivity (Wildman–Crippen MR) is 107 cm³/mol. The highest BCUT2D eigenvalue weighted by atomic mass is 19.1. The van der Waals surface area contributed by atoms with Gasteiger partial charge >= 0.3 is 5.91 Å². The third kappa shape index (κ3) is 4.19. The van der Waals surface area contributed by atoms with Crippen LogP contribution in [0.3, 0.4) is 0 Å². The number of hydrogen-bond donors (Lipinski definition) is 1. The van der Waals surface area contributed by atoms with Crippen molar-refractivity contribution in [2.75, 3.05) is 6.61 Å². The van der Waals surface area contributed by atoms with Crippen LogP contribution >= 0.6 is 0 Å². The number of carbonyl (C=O) groups excluding carboxylic acids is 1. The highest BCUT2D eigenvalue weighted by Gasteiger charge is 2.12. The normalized spacial score (nSPS) is 11.2. The lowest BCUT2D eigenvalue weighted by molar-refractivity contribution is 0.0929. The molecule has 2 aromatic carbocycles. The zero-order chi connectivity index (χ0) is 20.2. The Morgan fingerprint density at radius 2 is 1.93 bits per heavy atom. The molecule has 0 saturated heterocycles. The molecule has 0 atom stereocenters. The minimum atomic E-state index is -0.485. The summed E-state index contributed by atoms with van der Waals surface area (Å²) < 4.78 is 29.6. The standard InChI is InChI=1S/C22H17FN2O4/c1-2-27-17-7-9-20-15(11-17)12-21(29-20)22(26)25-24-13-18-8-10-19(28-18)14-3-5-16(23)6-4-14/h3-13H,2H2,1H3,(H,25,26)/b24-13+. The molecule has 0 unspecified atom stereocenters. The number of carbonyl (C=O) groups is 1. The van der Waals surface area contributed by atoms with Crippen molar-refractivity contribution in [3.05, 3.63) is 78.0 Å². The van der Waals surface area contributed by atoms with Crippen molar-refractivity contribution < 1.29 is 22.8 Å². The number of halogens is 1. The van der Waals surface area contributed by atoms with Crippen LogP contribution in [0, 0.1) is 5.82 Å². The monoisotopic (exact) mass is 392 g/mol. The summed E-state index contributed by atoms with van der Waals surface area (Å²) in [5, 5.41) is 4.66. The fourth-order valence-corrected chi connectivity index (χ4v) is 2.79. The lowest BCUT2D eigenvalue weighted by atomic mass is 10.2. The number of hydrazone groups is 1. The maximum absolute atomic E-state index is 13.0. The van der Waals surface area contributed by atoms with Crippen LogP contribution in [0.2, 0.25) is 0 Å². The fraction of sp³-hybridized carbons (Fsp3) is 0.0909. The van der Waals surface area contributed by atoms with Crippen molar-refractivity contribution in [3.8, 4) is 17.1 Å². The van der Waals surface area contributed by atoms with Crippen molar-refractivity contribution in [1.82, 2.24) is 5.43 Å². The average molecular weight is 392 g/mol. The van der Waals surface area contributed by atoms with Gasteiger partial charge in [-0.05, 0) is 67.6 Å². The van der Waals surface area contributed by atoms with Gasteiger partial charge in [0, 0.05) is 10.9 Å². The van der Waals surface area contributed by atoms with Gasteiger partial charge in [0.15, 0.2) is 5.76 Å². The molecule has 0 saturated carbocycles. The van der Waals surface area contributed by atoms with E-state index in [9.17, 15) is 9.18 Å². The molecule has 2 heterocycles. The van der Waals surface area contributed by atoms with Crippen LogP contribution in [0.4, 0.5) is 4.39 Å². The van der Waals surface area contributed by atoms with E-state index in [2.05, 4.69) is 10.5 Å². The second-order valence-corrected chi connectivity index (χ2v) is 6.15. The number of ether oxygens (including phenoxy) is 1. The molecule has 0 bridgehead atoms. The van der Waals surface area contributed by atoms with E-state index < -0.39 is 5.91 Å². The third-order valence-electron chi connectivity index (χ3n) is 4.14. The minimum absolute atomic E-state index is 0.136. The van der Waals surface area contributed by atoms with Gasteiger partial charge in [0.05, 0.1) is 12.8 Å². The number of benzene rings is 2. The van der Waals surface area contributed by atoms with Crippen molar-refractivity contribution in [2.24, 2.45) is 5.10 Å². The lowest BCUT2D eigenvalue weighted by Crippen LogP contribution is -2.16. The third-order valence-corrected chi connectivity index (χ3v) is 4.14. The largest absolute Gasteiger partial charge is 0.494 e. The molecule has 29 heavy (non-hydrogen) atoms. The molecule has 146 valence electrons. The van der Waals surface area contributed by atoms with Crippen LogP contribution in [0.5, 0.6) is 5.75 Å². The molecular formula is C22H17FN2O4.